The van der Waals surface area contributed by atoms with Crippen molar-refractivity contribution in [2.24, 2.45) is 5.92 Å². The van der Waals surface area contributed by atoms with E-state index in [2.05, 4.69) is 26.1 Å². The lowest BCUT2D eigenvalue weighted by molar-refractivity contribution is -0.145. The highest BCUT2D eigenvalue weighted by molar-refractivity contribution is 5.79. The minimum atomic E-state index is -0.739. The van der Waals surface area contributed by atoms with Gasteiger partial charge in [0.05, 0.1) is 12.5 Å². The zero-order valence-corrected chi connectivity index (χ0v) is 12.9. The first-order chi connectivity index (χ1) is 9.48. The Kier molecular flexibility index (Phi) is 6.46. The third kappa shape index (κ3) is 4.20. The maximum Gasteiger partial charge on any atom is 0.306 e. The van der Waals surface area contributed by atoms with Gasteiger partial charge >= 0.3 is 5.97 Å². The summed E-state index contributed by atoms with van der Waals surface area (Å²) in [6, 6.07) is 0. The Labute approximate surface area is 121 Å². The fourth-order valence-corrected chi connectivity index (χ4v) is 2.88. The van der Waals surface area contributed by atoms with E-state index in [1.807, 2.05) is 0 Å². The molecule has 5 nitrogen and oxygen atoms in total. The minimum absolute atomic E-state index is 0.0506. The first kappa shape index (κ1) is 17.0. The monoisotopic (exact) mass is 284 g/mol. The second-order valence-electron chi connectivity index (χ2n) is 5.69. The lowest BCUT2D eigenvalue weighted by atomic mass is 9.90. The molecule has 0 unspecified atom stereocenters. The van der Waals surface area contributed by atoms with Crippen molar-refractivity contribution in [2.75, 3.05) is 19.6 Å². The molecule has 1 aliphatic heterocycles. The molecule has 1 amide bonds. The maximum atomic E-state index is 12.2. The number of likely N-dealkylation sites (tertiary alicyclic amines) is 1. The number of aliphatic carboxylic acids is 1. The van der Waals surface area contributed by atoms with Crippen LogP contribution >= 0.6 is 0 Å². The lowest BCUT2D eigenvalue weighted by Gasteiger charge is -2.34. The predicted molar refractivity (Wildman–Crippen MR) is 78.5 cm³/mol. The molecule has 1 aliphatic rings. The molecule has 1 rings (SSSR count). The fourth-order valence-electron chi connectivity index (χ4n) is 2.88. The Hall–Kier alpha value is -1.10. The van der Waals surface area contributed by atoms with Gasteiger partial charge in [-0.05, 0) is 32.1 Å². The maximum absolute atomic E-state index is 12.2. The number of carbonyl (C=O) groups is 2. The summed E-state index contributed by atoms with van der Waals surface area (Å²) in [5.41, 5.74) is 0.0506. The Balaban J connectivity index is 2.42. The highest BCUT2D eigenvalue weighted by Crippen LogP contribution is 2.20. The number of carboxylic acids is 1. The summed E-state index contributed by atoms with van der Waals surface area (Å²) >= 11 is 0. The van der Waals surface area contributed by atoms with Crippen molar-refractivity contribution in [1.29, 1.82) is 0 Å². The molecule has 0 aliphatic carbocycles. The fraction of sp³-hybridized carbons (Fsp3) is 0.867. The summed E-state index contributed by atoms with van der Waals surface area (Å²) in [7, 11) is 0. The van der Waals surface area contributed by atoms with E-state index in [4.69, 9.17) is 5.11 Å². The molecule has 20 heavy (non-hydrogen) atoms. The predicted octanol–water partition coefficient (Wildman–Crippen LogP) is 1.87. The van der Waals surface area contributed by atoms with Crippen molar-refractivity contribution in [3.8, 4) is 0 Å². The molecule has 1 fully saturated rings. The van der Waals surface area contributed by atoms with Gasteiger partial charge in [0, 0.05) is 18.6 Å². The molecular weight excluding hydrogens is 256 g/mol. The normalized spacial score (nSPS) is 17.2. The standard InChI is InChI=1S/C15H28N2O3/c1-4-15(5-2,6-3)16-11-13(18)17-9-7-12(8-10-17)14(19)20/h12,16H,4-11H2,1-3H3,(H,19,20). The number of piperidine rings is 1. The van der Waals surface area contributed by atoms with Crippen molar-refractivity contribution in [1.82, 2.24) is 10.2 Å². The molecule has 0 bridgehead atoms. The highest BCUT2D eigenvalue weighted by atomic mass is 16.4. The van der Waals surface area contributed by atoms with Gasteiger partial charge in [0.2, 0.25) is 5.91 Å². The van der Waals surface area contributed by atoms with Crippen molar-refractivity contribution in [3.05, 3.63) is 0 Å². The zero-order valence-electron chi connectivity index (χ0n) is 12.9. The van der Waals surface area contributed by atoms with Crippen molar-refractivity contribution < 1.29 is 14.7 Å². The number of carboxylic acid groups (broad SMARTS) is 1. The van der Waals surface area contributed by atoms with Crippen LogP contribution in [0.15, 0.2) is 0 Å². The van der Waals surface area contributed by atoms with Crippen LogP contribution in [0.25, 0.3) is 0 Å². The second-order valence-corrected chi connectivity index (χ2v) is 5.69. The Bertz CT molecular complexity index is 324. The third-order valence-corrected chi connectivity index (χ3v) is 4.84. The summed E-state index contributed by atoms with van der Waals surface area (Å²) < 4.78 is 0. The van der Waals surface area contributed by atoms with Crippen molar-refractivity contribution >= 4 is 11.9 Å². The van der Waals surface area contributed by atoms with Gasteiger partial charge in [0.1, 0.15) is 0 Å². The molecule has 0 spiro atoms. The minimum Gasteiger partial charge on any atom is -0.481 e. The molecule has 116 valence electrons. The summed E-state index contributed by atoms with van der Waals surface area (Å²) in [6.45, 7) is 7.91. The van der Waals surface area contributed by atoms with E-state index >= 15 is 0 Å². The van der Waals surface area contributed by atoms with Gasteiger partial charge in [-0.25, -0.2) is 0 Å². The van der Waals surface area contributed by atoms with Gasteiger partial charge in [0.15, 0.2) is 0 Å². The molecule has 1 saturated heterocycles. The molecule has 1 heterocycles. The molecular formula is C15H28N2O3. The molecule has 0 aromatic rings. The van der Waals surface area contributed by atoms with Crippen LogP contribution in [0.1, 0.15) is 52.9 Å². The first-order valence-electron chi connectivity index (χ1n) is 7.73. The number of nitrogens with zero attached hydrogens (tertiary/aromatic N) is 1. The number of hydrogen-bond donors (Lipinski definition) is 2. The van der Waals surface area contributed by atoms with Crippen LogP contribution in [0.4, 0.5) is 0 Å². The molecule has 0 radical (unpaired) electrons. The molecule has 0 aromatic heterocycles. The van der Waals surface area contributed by atoms with Crippen LogP contribution in [-0.4, -0.2) is 47.1 Å². The lowest BCUT2D eigenvalue weighted by Crippen LogP contribution is -2.50. The summed E-state index contributed by atoms with van der Waals surface area (Å²) in [5.74, 6) is -0.932. The van der Waals surface area contributed by atoms with Crippen molar-refractivity contribution in [2.45, 2.75) is 58.4 Å². The van der Waals surface area contributed by atoms with Crippen LogP contribution in [-0.2, 0) is 9.59 Å². The Morgan fingerprint density at radius 2 is 1.65 bits per heavy atom. The smallest absolute Gasteiger partial charge is 0.306 e. The van der Waals surface area contributed by atoms with Crippen LogP contribution in [0.5, 0.6) is 0 Å². The Morgan fingerprint density at radius 1 is 1.15 bits per heavy atom. The molecule has 0 atom stereocenters. The van der Waals surface area contributed by atoms with E-state index in [0.29, 0.717) is 32.5 Å². The van der Waals surface area contributed by atoms with Gasteiger partial charge < -0.3 is 15.3 Å². The quantitative estimate of drug-likeness (QED) is 0.749. The van der Waals surface area contributed by atoms with Gasteiger partial charge in [-0.1, -0.05) is 20.8 Å². The van der Waals surface area contributed by atoms with Crippen LogP contribution in [0.3, 0.4) is 0 Å². The van der Waals surface area contributed by atoms with Gasteiger partial charge in [-0.15, -0.1) is 0 Å². The van der Waals surface area contributed by atoms with Crippen molar-refractivity contribution in [3.63, 3.8) is 0 Å². The number of rotatable bonds is 7. The number of nitrogens with one attached hydrogen (secondary N) is 1. The molecule has 2 N–H and O–H groups in total. The van der Waals surface area contributed by atoms with E-state index in [-0.39, 0.29) is 17.4 Å². The number of hydrogen-bond acceptors (Lipinski definition) is 3. The van der Waals surface area contributed by atoms with Gasteiger partial charge in [-0.3, -0.25) is 9.59 Å². The highest BCUT2D eigenvalue weighted by Gasteiger charge is 2.29. The molecule has 5 heteroatoms. The summed E-state index contributed by atoms with van der Waals surface area (Å²) in [6.07, 6.45) is 4.17. The average molecular weight is 284 g/mol. The largest absolute Gasteiger partial charge is 0.481 e. The van der Waals surface area contributed by atoms with E-state index < -0.39 is 5.97 Å². The SMILES string of the molecule is CCC(CC)(CC)NCC(=O)N1CCC(C(=O)O)CC1. The number of amides is 1. The average Bonchev–Trinajstić information content (AvgIpc) is 2.49. The van der Waals surface area contributed by atoms with E-state index in [1.54, 1.807) is 4.90 Å². The van der Waals surface area contributed by atoms with E-state index in [1.165, 1.54) is 0 Å². The number of carbonyl (C=O) groups excluding carboxylic acids is 1. The summed E-state index contributed by atoms with van der Waals surface area (Å²) in [5, 5.41) is 12.4. The third-order valence-electron chi connectivity index (χ3n) is 4.84. The zero-order chi connectivity index (χ0) is 15.2. The van der Waals surface area contributed by atoms with Crippen LogP contribution in [0.2, 0.25) is 0 Å². The van der Waals surface area contributed by atoms with Crippen LogP contribution in [0, 0.1) is 5.92 Å². The molecule has 0 aromatic carbocycles. The first-order valence-corrected chi connectivity index (χ1v) is 7.73. The molecule has 0 saturated carbocycles. The Morgan fingerprint density at radius 3 is 2.05 bits per heavy atom. The summed E-state index contributed by atoms with van der Waals surface area (Å²) in [4.78, 5) is 24.9. The van der Waals surface area contributed by atoms with Gasteiger partial charge in [-0.2, -0.15) is 0 Å². The van der Waals surface area contributed by atoms with Gasteiger partial charge in [0.25, 0.3) is 0 Å². The van der Waals surface area contributed by atoms with E-state index in [0.717, 1.165) is 19.3 Å². The topological polar surface area (TPSA) is 69.6 Å². The second kappa shape index (κ2) is 7.62. The van der Waals surface area contributed by atoms with Crippen LogP contribution < -0.4 is 5.32 Å². The van der Waals surface area contributed by atoms with E-state index in [9.17, 15) is 9.59 Å².